The Hall–Kier alpha value is -3.17. The first-order valence-electron chi connectivity index (χ1n) is 11.5. The Morgan fingerprint density at radius 3 is 2.56 bits per heavy atom. The van der Waals surface area contributed by atoms with Gasteiger partial charge in [-0.1, -0.05) is 24.3 Å². The topological polar surface area (TPSA) is 75.2 Å². The van der Waals surface area contributed by atoms with Crippen LogP contribution < -0.4 is 9.47 Å². The molecule has 2 aliphatic heterocycles. The van der Waals surface area contributed by atoms with Crippen molar-refractivity contribution in [2.75, 3.05) is 46.4 Å². The fourth-order valence-corrected chi connectivity index (χ4v) is 5.29. The molecule has 2 aromatic carbocycles. The lowest BCUT2D eigenvalue weighted by Crippen LogP contribution is -2.55. The van der Waals surface area contributed by atoms with Crippen LogP contribution in [-0.4, -0.2) is 84.0 Å². The second-order valence-electron chi connectivity index (χ2n) is 8.67. The van der Waals surface area contributed by atoms with Crippen LogP contribution in [0.15, 0.2) is 48.5 Å². The molecule has 1 saturated heterocycles. The zero-order valence-corrected chi connectivity index (χ0v) is 20.2. The minimum atomic E-state index is -0.635. The Morgan fingerprint density at radius 2 is 1.79 bits per heavy atom. The van der Waals surface area contributed by atoms with E-state index >= 15 is 0 Å². The molecule has 0 N–H and O–H groups in total. The van der Waals surface area contributed by atoms with Gasteiger partial charge in [-0.2, -0.15) is 0 Å². The maximum absolute atomic E-state index is 13.0. The van der Waals surface area contributed by atoms with Crippen molar-refractivity contribution in [3.8, 4) is 11.5 Å². The molecule has 3 aromatic rings. The maximum Gasteiger partial charge on any atom is 0.267 e. The van der Waals surface area contributed by atoms with Crippen LogP contribution in [0.1, 0.15) is 18.0 Å². The van der Waals surface area contributed by atoms with Crippen molar-refractivity contribution in [3.05, 3.63) is 53.5 Å². The minimum Gasteiger partial charge on any atom is -0.485 e. The Kier molecular flexibility index (Phi) is 6.38. The number of ether oxygens (including phenoxy) is 2. The molecule has 8 nitrogen and oxygen atoms in total. The van der Waals surface area contributed by atoms with Crippen molar-refractivity contribution in [3.63, 3.8) is 0 Å². The molecule has 2 atom stereocenters. The van der Waals surface area contributed by atoms with E-state index in [-0.39, 0.29) is 24.5 Å². The molecule has 0 saturated carbocycles. The molecular formula is C25H28N4O4S. The highest BCUT2D eigenvalue weighted by atomic mass is 32.1. The number of para-hydroxylation sites is 3. The van der Waals surface area contributed by atoms with Crippen LogP contribution in [0.4, 0.5) is 0 Å². The van der Waals surface area contributed by atoms with E-state index in [4.69, 9.17) is 14.5 Å². The summed E-state index contributed by atoms with van der Waals surface area (Å²) < 4.78 is 12.7. The highest BCUT2D eigenvalue weighted by molar-refractivity contribution is 7.18. The average Bonchev–Trinajstić information content (AvgIpc) is 3.32. The van der Waals surface area contributed by atoms with Gasteiger partial charge in [0.1, 0.15) is 11.6 Å². The second-order valence-corrected chi connectivity index (χ2v) is 9.73. The summed E-state index contributed by atoms with van der Waals surface area (Å²) in [7, 11) is 1.83. The van der Waals surface area contributed by atoms with Crippen LogP contribution in [-0.2, 0) is 9.59 Å². The first kappa shape index (κ1) is 22.6. The highest BCUT2D eigenvalue weighted by Gasteiger charge is 2.33. The molecule has 0 spiro atoms. The molecule has 1 fully saturated rings. The van der Waals surface area contributed by atoms with E-state index in [2.05, 4.69) is 11.0 Å². The van der Waals surface area contributed by atoms with E-state index in [9.17, 15) is 9.59 Å². The van der Waals surface area contributed by atoms with Crippen molar-refractivity contribution in [1.29, 1.82) is 0 Å². The molecule has 0 aliphatic carbocycles. The highest BCUT2D eigenvalue weighted by Crippen LogP contribution is 2.31. The number of carbonyl (C=O) groups excluding carboxylic acids is 2. The van der Waals surface area contributed by atoms with Gasteiger partial charge in [0, 0.05) is 33.2 Å². The summed E-state index contributed by atoms with van der Waals surface area (Å²) in [5.74, 6) is 1.25. The van der Waals surface area contributed by atoms with E-state index < -0.39 is 6.10 Å². The monoisotopic (exact) mass is 480 g/mol. The summed E-state index contributed by atoms with van der Waals surface area (Å²) in [5, 5.41) is 0.934. The van der Waals surface area contributed by atoms with Gasteiger partial charge in [-0.05, 0) is 31.2 Å². The number of amides is 2. The van der Waals surface area contributed by atoms with Gasteiger partial charge in [0.15, 0.2) is 11.5 Å². The molecule has 2 amide bonds. The Morgan fingerprint density at radius 1 is 1.09 bits per heavy atom. The third kappa shape index (κ3) is 4.58. The second kappa shape index (κ2) is 9.60. The van der Waals surface area contributed by atoms with E-state index in [1.165, 1.54) is 0 Å². The fourth-order valence-electron chi connectivity index (χ4n) is 4.22. The lowest BCUT2D eigenvalue weighted by molar-refractivity contribution is -0.143. The van der Waals surface area contributed by atoms with Crippen LogP contribution in [0, 0.1) is 0 Å². The molecule has 0 radical (unpaired) electrons. The standard InChI is InChI=1S/C25H28N4O4S/c1-17(24-26-18-7-3-6-10-22(18)34-24)27(2)23(30)15-28-11-13-29(14-12-28)25(31)21-16-32-19-8-4-5-9-20(19)33-21/h3-10,17,21H,11-16H2,1-2H3/t17-,21-/m1/s1. The minimum absolute atomic E-state index is 0.0483. The van der Waals surface area contributed by atoms with Gasteiger partial charge >= 0.3 is 0 Å². The predicted octanol–water partition coefficient (Wildman–Crippen LogP) is 2.80. The van der Waals surface area contributed by atoms with Gasteiger partial charge in [-0.25, -0.2) is 4.98 Å². The van der Waals surface area contributed by atoms with E-state index in [0.29, 0.717) is 44.2 Å². The van der Waals surface area contributed by atoms with Crippen molar-refractivity contribution in [1.82, 2.24) is 19.7 Å². The van der Waals surface area contributed by atoms with Crippen LogP contribution in [0.3, 0.4) is 0 Å². The molecule has 178 valence electrons. The van der Waals surface area contributed by atoms with Crippen LogP contribution >= 0.6 is 11.3 Å². The number of thiazole rings is 1. The molecule has 9 heteroatoms. The zero-order valence-electron chi connectivity index (χ0n) is 19.3. The molecule has 1 aromatic heterocycles. The SMILES string of the molecule is C[C@H](c1nc2ccccc2s1)N(C)C(=O)CN1CCN(C(=O)[C@H]2COc3ccccc3O2)CC1. The van der Waals surface area contributed by atoms with Gasteiger partial charge in [-0.15, -0.1) is 11.3 Å². The molecule has 0 bridgehead atoms. The van der Waals surface area contributed by atoms with E-state index in [1.54, 1.807) is 21.1 Å². The molecule has 2 aliphatic rings. The molecular weight excluding hydrogens is 452 g/mol. The number of rotatable bonds is 5. The number of fused-ring (bicyclic) bond motifs is 2. The van der Waals surface area contributed by atoms with Crippen molar-refractivity contribution < 1.29 is 19.1 Å². The number of nitrogens with zero attached hydrogens (tertiary/aromatic N) is 4. The summed E-state index contributed by atoms with van der Waals surface area (Å²) in [6.07, 6.45) is -0.635. The Bertz CT molecular complexity index is 1160. The molecule has 5 rings (SSSR count). The number of hydrogen-bond donors (Lipinski definition) is 0. The predicted molar refractivity (Wildman–Crippen MR) is 130 cm³/mol. The van der Waals surface area contributed by atoms with E-state index in [0.717, 1.165) is 15.2 Å². The van der Waals surface area contributed by atoms with Gasteiger partial charge in [0.2, 0.25) is 12.0 Å². The smallest absolute Gasteiger partial charge is 0.267 e. The number of aromatic nitrogens is 1. The van der Waals surface area contributed by atoms with Gasteiger partial charge in [0.05, 0.1) is 22.8 Å². The summed E-state index contributed by atoms with van der Waals surface area (Å²) in [4.78, 5) is 36.3. The maximum atomic E-state index is 13.0. The van der Waals surface area contributed by atoms with Crippen molar-refractivity contribution in [2.45, 2.75) is 19.1 Å². The number of benzene rings is 2. The molecule has 34 heavy (non-hydrogen) atoms. The summed E-state index contributed by atoms with van der Waals surface area (Å²) in [6.45, 7) is 4.95. The first-order valence-corrected chi connectivity index (χ1v) is 12.3. The van der Waals surface area contributed by atoms with Crippen molar-refractivity contribution >= 4 is 33.4 Å². The lowest BCUT2D eigenvalue weighted by Gasteiger charge is -2.37. The quantitative estimate of drug-likeness (QED) is 0.559. The molecule has 3 heterocycles. The normalized spacial score (nSPS) is 19.1. The fraction of sp³-hybridized carbons (Fsp3) is 0.400. The van der Waals surface area contributed by atoms with Crippen LogP contribution in [0.25, 0.3) is 10.2 Å². The van der Waals surface area contributed by atoms with Crippen LogP contribution in [0.2, 0.25) is 0 Å². The van der Waals surface area contributed by atoms with Crippen LogP contribution in [0.5, 0.6) is 11.5 Å². The third-order valence-electron chi connectivity index (χ3n) is 6.47. The zero-order chi connectivity index (χ0) is 23.7. The number of piperazine rings is 1. The number of carbonyl (C=O) groups is 2. The Labute approximate surface area is 202 Å². The average molecular weight is 481 g/mol. The van der Waals surface area contributed by atoms with Crippen molar-refractivity contribution in [2.24, 2.45) is 0 Å². The number of likely N-dealkylation sites (N-methyl/N-ethyl adjacent to an activating group) is 1. The van der Waals surface area contributed by atoms with E-state index in [1.807, 2.05) is 56.4 Å². The largest absolute Gasteiger partial charge is 0.485 e. The molecule has 0 unspecified atom stereocenters. The van der Waals surface area contributed by atoms with Gasteiger partial charge < -0.3 is 19.3 Å². The van der Waals surface area contributed by atoms with Gasteiger partial charge in [-0.3, -0.25) is 14.5 Å². The number of hydrogen-bond acceptors (Lipinski definition) is 7. The first-order chi connectivity index (χ1) is 16.5. The van der Waals surface area contributed by atoms with Gasteiger partial charge in [0.25, 0.3) is 5.91 Å². The third-order valence-corrected chi connectivity index (χ3v) is 7.68. The lowest BCUT2D eigenvalue weighted by atomic mass is 10.2. The summed E-state index contributed by atoms with van der Waals surface area (Å²) in [6, 6.07) is 15.3. The Balaban J connectivity index is 1.12. The summed E-state index contributed by atoms with van der Waals surface area (Å²) in [5.41, 5.74) is 0.965. The summed E-state index contributed by atoms with van der Waals surface area (Å²) >= 11 is 1.63.